The fraction of sp³-hybridized carbons (Fsp3) is 0.118. The molecule has 0 unspecified atom stereocenters. The summed E-state index contributed by atoms with van der Waals surface area (Å²) in [6, 6.07) is 12.6. The summed E-state index contributed by atoms with van der Waals surface area (Å²) in [7, 11) is 0. The maximum absolute atomic E-state index is 12.1. The minimum Gasteiger partial charge on any atom is -0.493 e. The third kappa shape index (κ3) is 3.52. The number of H-pyrrole nitrogens is 1. The molecule has 0 aliphatic rings. The van der Waals surface area contributed by atoms with Crippen LogP contribution in [-0.2, 0) is 0 Å². The Bertz CT molecular complexity index is 837. The van der Waals surface area contributed by atoms with Gasteiger partial charge >= 0.3 is 0 Å². The Labute approximate surface area is 138 Å². The van der Waals surface area contributed by atoms with Gasteiger partial charge in [-0.3, -0.25) is 9.89 Å². The Morgan fingerprint density at radius 1 is 1.38 bits per heavy atom. The van der Waals surface area contributed by atoms with Crippen LogP contribution in [0.2, 0.25) is 0 Å². The average Bonchev–Trinajstić information content (AvgIpc) is 3.27. The van der Waals surface area contributed by atoms with Crippen molar-refractivity contribution in [3.8, 4) is 17.0 Å². The van der Waals surface area contributed by atoms with Crippen molar-refractivity contribution in [2.24, 2.45) is 5.10 Å². The van der Waals surface area contributed by atoms with Crippen molar-refractivity contribution in [3.05, 3.63) is 60.2 Å². The summed E-state index contributed by atoms with van der Waals surface area (Å²) in [5, 5.41) is 10.7. The van der Waals surface area contributed by atoms with E-state index in [4.69, 9.17) is 9.15 Å². The lowest BCUT2D eigenvalue weighted by molar-refractivity contribution is 0.0950. The molecule has 0 spiro atoms. The summed E-state index contributed by atoms with van der Waals surface area (Å²) in [6.45, 7) is 2.47. The normalized spacial score (nSPS) is 10.9. The number of nitrogens with zero attached hydrogens (tertiary/aromatic N) is 2. The minimum atomic E-state index is -0.398. The van der Waals surface area contributed by atoms with Gasteiger partial charge < -0.3 is 9.15 Å². The van der Waals surface area contributed by atoms with Gasteiger partial charge in [0.05, 0.1) is 24.8 Å². The number of carbonyl (C=O) groups is 1. The summed E-state index contributed by atoms with van der Waals surface area (Å²) < 4.78 is 10.7. The van der Waals surface area contributed by atoms with Gasteiger partial charge in [-0.05, 0) is 37.3 Å². The van der Waals surface area contributed by atoms with Crippen LogP contribution in [0.3, 0.4) is 0 Å². The van der Waals surface area contributed by atoms with Gasteiger partial charge in [0.15, 0.2) is 0 Å². The van der Waals surface area contributed by atoms with E-state index in [1.807, 2.05) is 31.2 Å². The quantitative estimate of drug-likeness (QED) is 0.538. The number of furan rings is 1. The molecule has 3 aromatic rings. The van der Waals surface area contributed by atoms with Gasteiger partial charge in [0.25, 0.3) is 5.91 Å². The van der Waals surface area contributed by atoms with E-state index in [9.17, 15) is 4.79 Å². The van der Waals surface area contributed by atoms with Gasteiger partial charge in [-0.25, -0.2) is 5.43 Å². The van der Waals surface area contributed by atoms with E-state index in [1.54, 1.807) is 18.2 Å². The molecular weight excluding hydrogens is 308 g/mol. The molecule has 0 aliphatic carbocycles. The molecule has 0 bridgehead atoms. The fourth-order valence-electron chi connectivity index (χ4n) is 2.12. The van der Waals surface area contributed by atoms with Crippen molar-refractivity contribution in [1.29, 1.82) is 0 Å². The van der Waals surface area contributed by atoms with Gasteiger partial charge in [0.2, 0.25) is 0 Å². The van der Waals surface area contributed by atoms with Crippen LogP contribution in [0.1, 0.15) is 23.2 Å². The van der Waals surface area contributed by atoms with E-state index in [1.165, 1.54) is 12.5 Å². The first-order valence-electron chi connectivity index (χ1n) is 7.42. The van der Waals surface area contributed by atoms with Crippen LogP contribution in [0.15, 0.2) is 58.2 Å². The molecule has 0 atom stereocenters. The number of rotatable bonds is 6. The topological polar surface area (TPSA) is 92.5 Å². The van der Waals surface area contributed by atoms with Crippen LogP contribution in [-0.4, -0.2) is 28.9 Å². The first-order chi connectivity index (χ1) is 11.8. The third-order valence-electron chi connectivity index (χ3n) is 3.19. The second-order valence-corrected chi connectivity index (χ2v) is 4.81. The smallest absolute Gasteiger partial charge is 0.289 e. The molecule has 0 aliphatic heterocycles. The average molecular weight is 324 g/mol. The van der Waals surface area contributed by atoms with Crippen LogP contribution in [0.4, 0.5) is 0 Å². The number of hydrogen-bond acceptors (Lipinski definition) is 5. The first-order valence-corrected chi connectivity index (χ1v) is 7.42. The third-order valence-corrected chi connectivity index (χ3v) is 3.19. The number of aromatic nitrogens is 2. The standard InChI is InChI=1S/C17H16N4O3/c1-2-23-16-8-4-3-7-13(16)14-10-15(20-19-14)17(22)21-18-11-12-6-5-9-24-12/h3-11H,2H2,1H3,(H,19,20)(H,21,22)/b18-11+. The number of para-hydroxylation sites is 1. The van der Waals surface area contributed by atoms with E-state index in [-0.39, 0.29) is 0 Å². The van der Waals surface area contributed by atoms with Crippen molar-refractivity contribution in [1.82, 2.24) is 15.6 Å². The zero-order valence-electron chi connectivity index (χ0n) is 13.0. The molecule has 7 nitrogen and oxygen atoms in total. The van der Waals surface area contributed by atoms with E-state index >= 15 is 0 Å². The van der Waals surface area contributed by atoms with E-state index in [2.05, 4.69) is 20.7 Å². The predicted molar refractivity (Wildman–Crippen MR) is 89.0 cm³/mol. The highest BCUT2D eigenvalue weighted by Gasteiger charge is 2.13. The Hall–Kier alpha value is -3.35. The number of aromatic amines is 1. The van der Waals surface area contributed by atoms with Crippen molar-refractivity contribution in [3.63, 3.8) is 0 Å². The van der Waals surface area contributed by atoms with Crippen LogP contribution >= 0.6 is 0 Å². The lowest BCUT2D eigenvalue weighted by Crippen LogP contribution is -2.17. The highest BCUT2D eigenvalue weighted by molar-refractivity contribution is 5.94. The minimum absolute atomic E-state index is 0.299. The molecule has 3 rings (SSSR count). The van der Waals surface area contributed by atoms with E-state index in [0.29, 0.717) is 29.5 Å². The summed E-state index contributed by atoms with van der Waals surface area (Å²) >= 11 is 0. The molecule has 122 valence electrons. The van der Waals surface area contributed by atoms with Crippen molar-refractivity contribution < 1.29 is 13.9 Å². The molecule has 7 heteroatoms. The summed E-state index contributed by atoms with van der Waals surface area (Å²) in [6.07, 6.45) is 2.94. The molecule has 0 saturated carbocycles. The molecule has 2 heterocycles. The van der Waals surface area contributed by atoms with Crippen LogP contribution < -0.4 is 10.2 Å². The number of benzene rings is 1. The highest BCUT2D eigenvalue weighted by Crippen LogP contribution is 2.28. The Kier molecular flexibility index (Phi) is 4.71. The van der Waals surface area contributed by atoms with E-state index in [0.717, 1.165) is 5.56 Å². The van der Waals surface area contributed by atoms with Gasteiger partial charge in [-0.2, -0.15) is 10.2 Å². The van der Waals surface area contributed by atoms with Crippen molar-refractivity contribution in [2.75, 3.05) is 6.61 Å². The molecule has 0 saturated heterocycles. The number of ether oxygens (including phenoxy) is 1. The molecule has 0 fully saturated rings. The van der Waals surface area contributed by atoms with Gasteiger partial charge in [0, 0.05) is 5.56 Å². The Balaban J connectivity index is 1.72. The summed E-state index contributed by atoms with van der Waals surface area (Å²) in [5.41, 5.74) is 4.15. The monoisotopic (exact) mass is 324 g/mol. The number of carbonyl (C=O) groups excluding carboxylic acids is 1. The van der Waals surface area contributed by atoms with Crippen LogP contribution in [0.5, 0.6) is 5.75 Å². The maximum Gasteiger partial charge on any atom is 0.289 e. The van der Waals surface area contributed by atoms with Crippen LogP contribution in [0.25, 0.3) is 11.3 Å². The second-order valence-electron chi connectivity index (χ2n) is 4.81. The Morgan fingerprint density at radius 2 is 2.25 bits per heavy atom. The van der Waals surface area contributed by atoms with Crippen molar-refractivity contribution in [2.45, 2.75) is 6.92 Å². The zero-order valence-corrected chi connectivity index (χ0v) is 13.0. The molecule has 2 N–H and O–H groups in total. The van der Waals surface area contributed by atoms with Crippen molar-refractivity contribution >= 4 is 12.1 Å². The molecule has 24 heavy (non-hydrogen) atoms. The number of hydrazone groups is 1. The number of hydrogen-bond donors (Lipinski definition) is 2. The SMILES string of the molecule is CCOc1ccccc1-c1cc(C(=O)N/N=C/c2ccco2)[nH]n1. The lowest BCUT2D eigenvalue weighted by atomic mass is 10.1. The molecule has 1 amide bonds. The molecule has 1 aromatic carbocycles. The number of nitrogens with one attached hydrogen (secondary N) is 2. The summed E-state index contributed by atoms with van der Waals surface area (Å²) in [5.74, 6) is 0.867. The number of amides is 1. The molecule has 2 aromatic heterocycles. The largest absolute Gasteiger partial charge is 0.493 e. The zero-order chi connectivity index (χ0) is 16.8. The maximum atomic E-state index is 12.1. The van der Waals surface area contributed by atoms with E-state index < -0.39 is 5.91 Å². The molecular formula is C17H16N4O3. The summed E-state index contributed by atoms with van der Waals surface area (Å²) in [4.78, 5) is 12.1. The van der Waals surface area contributed by atoms with Crippen LogP contribution in [0, 0.1) is 0 Å². The highest BCUT2D eigenvalue weighted by atomic mass is 16.5. The predicted octanol–water partition coefficient (Wildman–Crippen LogP) is 2.83. The second kappa shape index (κ2) is 7.28. The first kappa shape index (κ1) is 15.5. The fourth-order valence-corrected chi connectivity index (χ4v) is 2.12. The molecule has 0 radical (unpaired) electrons. The lowest BCUT2D eigenvalue weighted by Gasteiger charge is -2.07. The van der Waals surface area contributed by atoms with Gasteiger partial charge in [-0.1, -0.05) is 12.1 Å². The Morgan fingerprint density at radius 3 is 3.04 bits per heavy atom. The van der Waals surface area contributed by atoms with Gasteiger partial charge in [-0.15, -0.1) is 0 Å². The van der Waals surface area contributed by atoms with Gasteiger partial charge in [0.1, 0.15) is 17.2 Å².